The molecule has 0 saturated heterocycles. The molecule has 0 spiro atoms. The molecular weight excluding hydrogens is 395 g/mol. The average Bonchev–Trinajstić information content (AvgIpc) is 3.29. The number of carbonyl (C=O) groups excluding carboxylic acids is 1. The van der Waals surface area contributed by atoms with Gasteiger partial charge in [0.05, 0.1) is 22.6 Å². The van der Waals surface area contributed by atoms with E-state index in [0.29, 0.717) is 20.9 Å². The summed E-state index contributed by atoms with van der Waals surface area (Å²) in [7, 11) is 0. The fraction of sp³-hybridized carbons (Fsp3) is 0.278. The molecule has 2 bridgehead atoms. The van der Waals surface area contributed by atoms with Gasteiger partial charge in [-0.15, -0.1) is 11.3 Å². The molecule has 8 heteroatoms. The molecule has 1 saturated carbocycles. The highest BCUT2D eigenvalue weighted by atomic mass is 35.5. The Labute approximate surface area is 163 Å². The number of carbonyl (C=O) groups is 2. The first-order valence-corrected chi connectivity index (χ1v) is 9.70. The van der Waals surface area contributed by atoms with E-state index in [1.54, 1.807) is 23.6 Å². The SMILES string of the molecule is O=C(O)[C@@H]1[C@@H](C(=O)Nc2nc(-c3ccc(Cl)cc3Cl)cs2)[C@H]2C=C[C@H]1C2. The zero-order chi connectivity index (χ0) is 18.4. The number of aliphatic carboxylic acids is 1. The second-order valence-electron chi connectivity index (χ2n) is 6.49. The third kappa shape index (κ3) is 3.02. The second-order valence-corrected chi connectivity index (χ2v) is 8.19. The maximum atomic E-state index is 12.7. The minimum Gasteiger partial charge on any atom is -0.481 e. The van der Waals surface area contributed by atoms with Crippen molar-refractivity contribution in [2.75, 3.05) is 5.32 Å². The fourth-order valence-corrected chi connectivity index (χ4v) is 5.08. The lowest BCUT2D eigenvalue weighted by atomic mass is 9.82. The maximum Gasteiger partial charge on any atom is 0.307 e. The third-order valence-electron chi connectivity index (χ3n) is 4.99. The van der Waals surface area contributed by atoms with Gasteiger partial charge in [-0.2, -0.15) is 0 Å². The van der Waals surface area contributed by atoms with Crippen LogP contribution in [0.5, 0.6) is 0 Å². The molecule has 1 heterocycles. The summed E-state index contributed by atoms with van der Waals surface area (Å²) < 4.78 is 0. The molecule has 2 aliphatic rings. The van der Waals surface area contributed by atoms with E-state index < -0.39 is 17.8 Å². The van der Waals surface area contributed by atoms with Crippen molar-refractivity contribution in [3.63, 3.8) is 0 Å². The van der Waals surface area contributed by atoms with Crippen LogP contribution >= 0.6 is 34.5 Å². The highest BCUT2D eigenvalue weighted by Gasteiger charge is 2.51. The molecule has 26 heavy (non-hydrogen) atoms. The van der Waals surface area contributed by atoms with Gasteiger partial charge in [0.2, 0.25) is 5.91 Å². The number of carboxylic acids is 1. The van der Waals surface area contributed by atoms with Crippen LogP contribution in [0.4, 0.5) is 5.13 Å². The Hall–Kier alpha value is -1.89. The standard InChI is InChI=1S/C18H14Cl2N2O3S/c19-10-3-4-11(12(20)6-10)13-7-26-18(21-13)22-16(23)14-8-1-2-9(5-8)15(14)17(24)25/h1-4,6-9,14-15H,5H2,(H,24,25)(H,21,22,23)/t8-,9-,14-,15-/m0/s1. The van der Waals surface area contributed by atoms with Gasteiger partial charge < -0.3 is 10.4 Å². The lowest BCUT2D eigenvalue weighted by Crippen LogP contribution is -2.36. The van der Waals surface area contributed by atoms with Gasteiger partial charge in [-0.1, -0.05) is 35.4 Å². The first-order chi connectivity index (χ1) is 12.4. The van der Waals surface area contributed by atoms with Gasteiger partial charge in [0.15, 0.2) is 5.13 Å². The van der Waals surface area contributed by atoms with E-state index in [0.717, 1.165) is 12.0 Å². The van der Waals surface area contributed by atoms with Crippen LogP contribution in [0, 0.1) is 23.7 Å². The van der Waals surface area contributed by atoms with E-state index in [2.05, 4.69) is 10.3 Å². The van der Waals surface area contributed by atoms with Crippen molar-refractivity contribution in [3.05, 3.63) is 45.8 Å². The normalized spacial score (nSPS) is 26.2. The fourth-order valence-electron chi connectivity index (χ4n) is 3.86. The van der Waals surface area contributed by atoms with E-state index in [1.165, 1.54) is 11.3 Å². The first-order valence-electron chi connectivity index (χ1n) is 8.07. The van der Waals surface area contributed by atoms with Gasteiger partial charge in [-0.3, -0.25) is 9.59 Å². The second kappa shape index (κ2) is 6.68. The third-order valence-corrected chi connectivity index (χ3v) is 6.29. The van der Waals surface area contributed by atoms with Crippen LogP contribution in [-0.4, -0.2) is 22.0 Å². The lowest BCUT2D eigenvalue weighted by molar-refractivity contribution is -0.146. The zero-order valence-corrected chi connectivity index (χ0v) is 15.7. The van der Waals surface area contributed by atoms with Crippen LogP contribution in [0.15, 0.2) is 35.7 Å². The Bertz CT molecular complexity index is 927. The Morgan fingerprint density at radius 1 is 1.19 bits per heavy atom. The Morgan fingerprint density at radius 3 is 2.62 bits per heavy atom. The number of amides is 1. The molecule has 1 aromatic heterocycles. The number of benzene rings is 1. The summed E-state index contributed by atoms with van der Waals surface area (Å²) in [6.45, 7) is 0. The van der Waals surface area contributed by atoms with Crippen molar-refractivity contribution in [2.24, 2.45) is 23.7 Å². The molecular formula is C18H14Cl2N2O3S. The Balaban J connectivity index is 1.53. The molecule has 0 unspecified atom stereocenters. The lowest BCUT2D eigenvalue weighted by Gasteiger charge is -2.23. The van der Waals surface area contributed by atoms with Gasteiger partial charge in [0.25, 0.3) is 0 Å². The van der Waals surface area contributed by atoms with Crippen molar-refractivity contribution >= 4 is 51.5 Å². The Morgan fingerprint density at radius 2 is 1.92 bits per heavy atom. The topological polar surface area (TPSA) is 79.3 Å². The van der Waals surface area contributed by atoms with E-state index >= 15 is 0 Å². The number of carboxylic acid groups (broad SMARTS) is 1. The number of hydrogen-bond acceptors (Lipinski definition) is 4. The number of fused-ring (bicyclic) bond motifs is 2. The summed E-state index contributed by atoms with van der Waals surface area (Å²) >= 11 is 13.4. The van der Waals surface area contributed by atoms with Crippen molar-refractivity contribution < 1.29 is 14.7 Å². The quantitative estimate of drug-likeness (QED) is 0.725. The molecule has 1 aromatic carbocycles. The summed E-state index contributed by atoms with van der Waals surface area (Å²) in [6, 6.07) is 5.13. The smallest absolute Gasteiger partial charge is 0.307 e. The summed E-state index contributed by atoms with van der Waals surface area (Å²) in [5.74, 6) is -2.53. The molecule has 134 valence electrons. The predicted molar refractivity (Wildman–Crippen MR) is 102 cm³/mol. The van der Waals surface area contributed by atoms with Crippen LogP contribution in [0.3, 0.4) is 0 Å². The van der Waals surface area contributed by atoms with E-state index in [4.69, 9.17) is 23.2 Å². The van der Waals surface area contributed by atoms with Crippen molar-refractivity contribution in [1.29, 1.82) is 0 Å². The molecule has 2 aromatic rings. The van der Waals surface area contributed by atoms with E-state index in [1.807, 2.05) is 12.2 Å². The van der Waals surface area contributed by atoms with Gasteiger partial charge in [0.1, 0.15) is 0 Å². The summed E-state index contributed by atoms with van der Waals surface area (Å²) in [6.07, 6.45) is 4.59. The van der Waals surface area contributed by atoms with E-state index in [9.17, 15) is 14.7 Å². The monoisotopic (exact) mass is 408 g/mol. The Kier molecular flexibility index (Phi) is 4.50. The number of anilines is 1. The molecule has 1 fully saturated rings. The molecule has 0 aliphatic heterocycles. The number of halogens is 2. The molecule has 1 amide bonds. The number of hydrogen-bond donors (Lipinski definition) is 2. The number of allylic oxidation sites excluding steroid dienone is 2. The highest BCUT2D eigenvalue weighted by molar-refractivity contribution is 7.14. The van der Waals surface area contributed by atoms with Crippen LogP contribution in [0.25, 0.3) is 11.3 Å². The van der Waals surface area contributed by atoms with Crippen molar-refractivity contribution in [1.82, 2.24) is 4.98 Å². The molecule has 0 radical (unpaired) electrons. The van der Waals surface area contributed by atoms with Crippen LogP contribution in [0.2, 0.25) is 10.0 Å². The number of thiazole rings is 1. The van der Waals surface area contributed by atoms with Crippen LogP contribution in [-0.2, 0) is 9.59 Å². The van der Waals surface area contributed by atoms with Crippen LogP contribution in [0.1, 0.15) is 6.42 Å². The molecule has 4 rings (SSSR count). The summed E-state index contributed by atoms with van der Waals surface area (Å²) in [5, 5.41) is 15.5. The van der Waals surface area contributed by atoms with Gasteiger partial charge in [-0.05, 0) is 36.5 Å². The largest absolute Gasteiger partial charge is 0.481 e. The molecule has 5 nitrogen and oxygen atoms in total. The van der Waals surface area contributed by atoms with Crippen molar-refractivity contribution in [3.8, 4) is 11.3 Å². The van der Waals surface area contributed by atoms with Crippen molar-refractivity contribution in [2.45, 2.75) is 6.42 Å². The van der Waals surface area contributed by atoms with E-state index in [-0.39, 0.29) is 17.7 Å². The number of nitrogens with zero attached hydrogens (tertiary/aromatic N) is 1. The van der Waals surface area contributed by atoms with Crippen LogP contribution < -0.4 is 5.32 Å². The maximum absolute atomic E-state index is 12.7. The highest BCUT2D eigenvalue weighted by Crippen LogP contribution is 2.48. The number of rotatable bonds is 4. The minimum atomic E-state index is -0.922. The van der Waals surface area contributed by atoms with Gasteiger partial charge in [-0.25, -0.2) is 4.98 Å². The van der Waals surface area contributed by atoms with Gasteiger partial charge >= 0.3 is 5.97 Å². The summed E-state index contributed by atoms with van der Waals surface area (Å²) in [4.78, 5) is 28.7. The average molecular weight is 409 g/mol. The van der Waals surface area contributed by atoms with Gasteiger partial charge in [0, 0.05) is 16.0 Å². The minimum absolute atomic E-state index is 0.0220. The summed E-state index contributed by atoms with van der Waals surface area (Å²) in [5.41, 5.74) is 1.36. The first kappa shape index (κ1) is 17.5. The number of aromatic nitrogens is 1. The molecule has 2 aliphatic carbocycles. The zero-order valence-electron chi connectivity index (χ0n) is 13.4. The predicted octanol–water partition coefficient (Wildman–Crippen LogP) is 4.58. The molecule has 2 N–H and O–H groups in total. The molecule has 4 atom stereocenters. The number of nitrogens with one attached hydrogen (secondary N) is 1.